The summed E-state index contributed by atoms with van der Waals surface area (Å²) >= 11 is 0. The Kier molecular flexibility index (Phi) is 4.88. The van der Waals surface area contributed by atoms with Crippen LogP contribution in [-0.2, 0) is 0 Å². The number of nitrogens with one attached hydrogen (secondary N) is 1. The van der Waals surface area contributed by atoms with Crippen molar-refractivity contribution < 1.29 is 18.7 Å². The summed E-state index contributed by atoms with van der Waals surface area (Å²) in [5.74, 6) is 1.29. The van der Waals surface area contributed by atoms with Gasteiger partial charge in [0.2, 0.25) is 0 Å². The van der Waals surface area contributed by atoms with Crippen molar-refractivity contribution in [3.8, 4) is 5.75 Å². The molecule has 0 unspecified atom stereocenters. The van der Waals surface area contributed by atoms with Crippen molar-refractivity contribution in [3.63, 3.8) is 0 Å². The fraction of sp³-hybridized carbons (Fsp3) is 0.407. The minimum absolute atomic E-state index is 0.0804. The number of hydrogen-bond acceptors (Lipinski definition) is 4. The molecule has 32 heavy (non-hydrogen) atoms. The maximum atomic E-state index is 13.3. The normalized spacial score (nSPS) is 22.6. The van der Waals surface area contributed by atoms with Crippen molar-refractivity contribution in [1.82, 2.24) is 0 Å². The lowest BCUT2D eigenvalue weighted by Crippen LogP contribution is -2.44. The molecule has 1 fully saturated rings. The van der Waals surface area contributed by atoms with Crippen LogP contribution < -0.4 is 10.1 Å². The predicted molar refractivity (Wildman–Crippen MR) is 125 cm³/mol. The molecule has 1 saturated carbocycles. The lowest BCUT2D eigenvalue weighted by molar-refractivity contribution is 0.00430. The molecular weight excluding hydrogens is 402 g/mol. The Labute approximate surface area is 188 Å². The summed E-state index contributed by atoms with van der Waals surface area (Å²) in [5.41, 5.74) is 4.18. The molecule has 166 valence electrons. The number of ether oxygens (including phenoxy) is 1. The second-order valence-corrected chi connectivity index (χ2v) is 9.71. The highest BCUT2D eigenvalue weighted by molar-refractivity contribution is 6.15. The lowest BCUT2D eigenvalue weighted by atomic mass is 9.74. The van der Waals surface area contributed by atoms with E-state index in [2.05, 4.69) is 12.2 Å². The minimum Gasteiger partial charge on any atom is -0.486 e. The fourth-order valence-electron chi connectivity index (χ4n) is 5.17. The van der Waals surface area contributed by atoms with Gasteiger partial charge in [-0.15, -0.1) is 0 Å². The van der Waals surface area contributed by atoms with Crippen LogP contribution in [0.4, 0.5) is 5.69 Å². The molecule has 2 aromatic carbocycles. The molecule has 5 rings (SSSR count). The van der Waals surface area contributed by atoms with E-state index in [0.717, 1.165) is 42.5 Å². The zero-order valence-corrected chi connectivity index (χ0v) is 19.1. The van der Waals surface area contributed by atoms with Crippen LogP contribution in [-0.4, -0.2) is 17.3 Å². The second-order valence-electron chi connectivity index (χ2n) is 9.71. The highest BCUT2D eigenvalue weighted by atomic mass is 16.5. The molecule has 0 atom stereocenters. The number of aryl methyl sites for hydroxylation is 3. The Balaban J connectivity index is 1.51. The molecule has 1 spiro atoms. The van der Waals surface area contributed by atoms with E-state index in [1.165, 1.54) is 0 Å². The molecule has 1 aromatic heterocycles. The predicted octanol–water partition coefficient (Wildman–Crippen LogP) is 6.52. The molecule has 0 radical (unpaired) electrons. The number of benzene rings is 2. The molecule has 5 heteroatoms. The van der Waals surface area contributed by atoms with Gasteiger partial charge >= 0.3 is 0 Å². The van der Waals surface area contributed by atoms with Crippen molar-refractivity contribution in [2.45, 2.75) is 65.4 Å². The van der Waals surface area contributed by atoms with Gasteiger partial charge in [0.1, 0.15) is 16.9 Å². The van der Waals surface area contributed by atoms with Crippen molar-refractivity contribution in [2.24, 2.45) is 5.92 Å². The first-order valence-electron chi connectivity index (χ1n) is 11.4. The van der Waals surface area contributed by atoms with Gasteiger partial charge in [0.05, 0.1) is 12.0 Å². The Morgan fingerprint density at radius 1 is 1.09 bits per heavy atom. The van der Waals surface area contributed by atoms with Gasteiger partial charge in [-0.05, 0) is 81.7 Å². The van der Waals surface area contributed by atoms with Crippen molar-refractivity contribution in [2.75, 3.05) is 5.32 Å². The van der Waals surface area contributed by atoms with Gasteiger partial charge in [0, 0.05) is 16.6 Å². The van der Waals surface area contributed by atoms with E-state index >= 15 is 0 Å². The number of hydrogen-bond donors (Lipinski definition) is 1. The SMILES string of the molecule is Cc1ccc(C)c(NC(=O)c2oc3ccc4c(c3c2C)C(=O)CC2(CCC(C)CC2)O4)c1. The zero-order chi connectivity index (χ0) is 22.6. The fourth-order valence-corrected chi connectivity index (χ4v) is 5.17. The number of furan rings is 1. The first-order valence-corrected chi connectivity index (χ1v) is 11.4. The standard InChI is InChI=1S/C27H29NO4/c1-15-9-11-27(12-10-15)14-20(29)24-22(32-27)8-7-21-23(24)18(4)25(31-21)26(30)28-19-13-16(2)5-6-17(19)3/h5-8,13,15H,9-12,14H2,1-4H3,(H,28,30). The average Bonchev–Trinajstić information content (AvgIpc) is 3.09. The van der Waals surface area contributed by atoms with E-state index < -0.39 is 0 Å². The zero-order valence-electron chi connectivity index (χ0n) is 19.1. The monoisotopic (exact) mass is 431 g/mol. The average molecular weight is 432 g/mol. The van der Waals surface area contributed by atoms with E-state index in [-0.39, 0.29) is 23.1 Å². The number of amides is 1. The Bertz CT molecular complexity index is 1240. The largest absolute Gasteiger partial charge is 0.486 e. The van der Waals surface area contributed by atoms with Crippen LogP contribution in [0, 0.1) is 26.7 Å². The summed E-state index contributed by atoms with van der Waals surface area (Å²) in [6, 6.07) is 9.56. The molecule has 1 aliphatic heterocycles. The van der Waals surface area contributed by atoms with E-state index in [4.69, 9.17) is 9.15 Å². The molecule has 2 heterocycles. The summed E-state index contributed by atoms with van der Waals surface area (Å²) < 4.78 is 12.4. The minimum atomic E-state index is -0.384. The van der Waals surface area contributed by atoms with Crippen LogP contribution in [0.25, 0.3) is 11.0 Å². The van der Waals surface area contributed by atoms with E-state index in [9.17, 15) is 9.59 Å². The smallest absolute Gasteiger partial charge is 0.291 e. The van der Waals surface area contributed by atoms with Gasteiger partial charge in [-0.1, -0.05) is 19.1 Å². The summed E-state index contributed by atoms with van der Waals surface area (Å²) in [6.07, 6.45) is 4.37. The summed E-state index contributed by atoms with van der Waals surface area (Å²) in [6.45, 7) is 8.03. The van der Waals surface area contributed by atoms with Crippen LogP contribution >= 0.6 is 0 Å². The van der Waals surface area contributed by atoms with Crippen LogP contribution in [0.15, 0.2) is 34.7 Å². The number of Topliss-reactive ketones (excluding diaryl/α,β-unsaturated/α-hetero) is 1. The molecule has 1 amide bonds. The number of anilines is 1. The Morgan fingerprint density at radius 2 is 1.84 bits per heavy atom. The number of carbonyl (C=O) groups is 2. The van der Waals surface area contributed by atoms with E-state index in [0.29, 0.717) is 40.2 Å². The highest BCUT2D eigenvalue weighted by Gasteiger charge is 2.43. The van der Waals surface area contributed by atoms with Gasteiger partial charge in [0.25, 0.3) is 5.91 Å². The van der Waals surface area contributed by atoms with Crippen LogP contribution in [0.5, 0.6) is 5.75 Å². The molecular formula is C27H29NO4. The maximum Gasteiger partial charge on any atom is 0.291 e. The molecule has 3 aromatic rings. The third kappa shape index (κ3) is 3.40. The number of fused-ring (bicyclic) bond motifs is 3. The summed E-state index contributed by atoms with van der Waals surface area (Å²) in [4.78, 5) is 26.4. The van der Waals surface area contributed by atoms with Gasteiger partial charge in [-0.25, -0.2) is 0 Å². The molecule has 0 bridgehead atoms. The van der Waals surface area contributed by atoms with Crippen LogP contribution in [0.2, 0.25) is 0 Å². The van der Waals surface area contributed by atoms with E-state index in [1.54, 1.807) is 0 Å². The quantitative estimate of drug-likeness (QED) is 0.501. The first kappa shape index (κ1) is 20.8. The van der Waals surface area contributed by atoms with Gasteiger partial charge in [0.15, 0.2) is 11.5 Å². The molecule has 0 saturated heterocycles. The lowest BCUT2D eigenvalue weighted by Gasteiger charge is -2.42. The number of rotatable bonds is 2. The summed E-state index contributed by atoms with van der Waals surface area (Å²) in [7, 11) is 0. The molecule has 5 nitrogen and oxygen atoms in total. The molecule has 1 N–H and O–H groups in total. The Morgan fingerprint density at radius 3 is 2.59 bits per heavy atom. The topological polar surface area (TPSA) is 68.5 Å². The third-order valence-electron chi connectivity index (χ3n) is 7.18. The molecule has 1 aliphatic carbocycles. The van der Waals surface area contributed by atoms with Gasteiger partial charge in [-0.3, -0.25) is 9.59 Å². The van der Waals surface area contributed by atoms with Crippen LogP contribution in [0.3, 0.4) is 0 Å². The number of ketones is 1. The third-order valence-corrected chi connectivity index (χ3v) is 7.18. The Hall–Kier alpha value is -3.08. The van der Waals surface area contributed by atoms with Crippen molar-refractivity contribution in [3.05, 3.63) is 58.3 Å². The van der Waals surface area contributed by atoms with Gasteiger partial charge < -0.3 is 14.5 Å². The van der Waals surface area contributed by atoms with Crippen molar-refractivity contribution >= 4 is 28.3 Å². The summed E-state index contributed by atoms with van der Waals surface area (Å²) in [5, 5.41) is 3.65. The molecule has 2 aliphatic rings. The second kappa shape index (κ2) is 7.51. The maximum absolute atomic E-state index is 13.3. The first-order chi connectivity index (χ1) is 15.3. The van der Waals surface area contributed by atoms with E-state index in [1.807, 2.05) is 51.1 Å². The highest BCUT2D eigenvalue weighted by Crippen LogP contribution is 2.46. The van der Waals surface area contributed by atoms with Gasteiger partial charge in [-0.2, -0.15) is 0 Å². The number of carbonyl (C=O) groups excluding carboxylic acids is 2. The van der Waals surface area contributed by atoms with Crippen LogP contribution in [0.1, 0.15) is 76.6 Å². The van der Waals surface area contributed by atoms with Crippen molar-refractivity contribution in [1.29, 1.82) is 0 Å².